The number of aromatic nitrogens is 1. The van der Waals surface area contributed by atoms with Crippen molar-refractivity contribution >= 4 is 67.7 Å². The largest absolute Gasteiger partial charge is 0.342 e. The van der Waals surface area contributed by atoms with Crippen LogP contribution in [0.25, 0.3) is 17.0 Å². The highest BCUT2D eigenvalue weighted by Crippen LogP contribution is 2.30. The zero-order chi connectivity index (χ0) is 20.7. The van der Waals surface area contributed by atoms with Crippen LogP contribution in [0.3, 0.4) is 0 Å². The average molecular weight is 489 g/mol. The molecule has 0 saturated carbocycles. The topological polar surface area (TPSA) is 28.5 Å². The maximum atomic E-state index is 12.8. The molecule has 148 valence electrons. The van der Waals surface area contributed by atoms with Crippen molar-refractivity contribution in [1.82, 2.24) is 14.4 Å². The molecule has 7 heteroatoms. The summed E-state index contributed by atoms with van der Waals surface area (Å²) in [6.45, 7) is 3.12. The van der Waals surface area contributed by atoms with Gasteiger partial charge in [0.1, 0.15) is 5.70 Å². The third-order valence-corrected chi connectivity index (χ3v) is 6.48. The Morgan fingerprint density at radius 3 is 2.66 bits per heavy atom. The second-order valence-electron chi connectivity index (χ2n) is 6.89. The molecule has 29 heavy (non-hydrogen) atoms. The second-order valence-corrected chi connectivity index (χ2v) is 8.57. The van der Waals surface area contributed by atoms with Gasteiger partial charge >= 0.3 is 0 Å². The SMILES string of the molecule is CCN1C(=O)/C(=C/c2cn(Cc3ccccc3Cl)c3ccc(Br)cc23)N(C)C1=S. The molecule has 2 aromatic carbocycles. The van der Waals surface area contributed by atoms with Gasteiger partial charge in [0, 0.05) is 52.3 Å². The monoisotopic (exact) mass is 487 g/mol. The summed E-state index contributed by atoms with van der Waals surface area (Å²) in [5, 5.41) is 2.33. The number of amides is 1. The van der Waals surface area contributed by atoms with E-state index in [0.717, 1.165) is 31.5 Å². The van der Waals surface area contributed by atoms with Gasteiger partial charge in [0.05, 0.1) is 0 Å². The Hall–Kier alpha value is -2.15. The van der Waals surface area contributed by atoms with Gasteiger partial charge in [0.2, 0.25) is 0 Å². The van der Waals surface area contributed by atoms with E-state index in [0.29, 0.717) is 23.9 Å². The minimum absolute atomic E-state index is 0.0676. The van der Waals surface area contributed by atoms with Gasteiger partial charge in [0.25, 0.3) is 5.91 Å². The van der Waals surface area contributed by atoms with Crippen molar-refractivity contribution in [3.05, 3.63) is 75.0 Å². The van der Waals surface area contributed by atoms with Crippen molar-refractivity contribution < 1.29 is 4.79 Å². The lowest BCUT2D eigenvalue weighted by molar-refractivity contribution is -0.122. The first kappa shape index (κ1) is 20.1. The quantitative estimate of drug-likeness (QED) is 0.357. The molecule has 1 aromatic heterocycles. The summed E-state index contributed by atoms with van der Waals surface area (Å²) in [7, 11) is 1.83. The molecule has 4 nitrogen and oxygen atoms in total. The van der Waals surface area contributed by atoms with Gasteiger partial charge in [-0.1, -0.05) is 45.7 Å². The molecule has 2 heterocycles. The molecule has 0 N–H and O–H groups in total. The van der Waals surface area contributed by atoms with Gasteiger partial charge in [-0.15, -0.1) is 0 Å². The van der Waals surface area contributed by atoms with Crippen LogP contribution in [-0.4, -0.2) is 39.0 Å². The molecule has 0 bridgehead atoms. The summed E-state index contributed by atoms with van der Waals surface area (Å²) in [5.74, 6) is -0.0676. The van der Waals surface area contributed by atoms with Gasteiger partial charge in [-0.3, -0.25) is 9.69 Å². The van der Waals surface area contributed by atoms with Crippen LogP contribution in [0.15, 0.2) is 58.8 Å². The van der Waals surface area contributed by atoms with E-state index in [1.807, 2.05) is 50.4 Å². The van der Waals surface area contributed by atoms with Crippen LogP contribution >= 0.6 is 39.7 Å². The molecule has 3 aromatic rings. The van der Waals surface area contributed by atoms with Crippen LogP contribution in [0.1, 0.15) is 18.1 Å². The van der Waals surface area contributed by atoms with Crippen LogP contribution in [0.4, 0.5) is 0 Å². The van der Waals surface area contributed by atoms with Crippen molar-refractivity contribution in [2.45, 2.75) is 13.5 Å². The van der Waals surface area contributed by atoms with Gasteiger partial charge in [-0.2, -0.15) is 0 Å². The van der Waals surface area contributed by atoms with Crippen molar-refractivity contribution in [2.24, 2.45) is 0 Å². The highest BCUT2D eigenvalue weighted by molar-refractivity contribution is 9.10. The number of rotatable bonds is 4. The third kappa shape index (κ3) is 3.61. The van der Waals surface area contributed by atoms with E-state index in [4.69, 9.17) is 23.8 Å². The normalized spacial score (nSPS) is 15.9. The van der Waals surface area contributed by atoms with Gasteiger partial charge < -0.3 is 9.47 Å². The predicted octanol–water partition coefficient (Wildman–Crippen LogP) is 5.53. The molecule has 1 amide bonds. The van der Waals surface area contributed by atoms with Gasteiger partial charge in [-0.05, 0) is 55.0 Å². The molecule has 0 aliphatic carbocycles. The Bertz CT molecular complexity index is 1170. The van der Waals surface area contributed by atoms with E-state index in [1.54, 1.807) is 9.80 Å². The van der Waals surface area contributed by atoms with Crippen molar-refractivity contribution in [3.8, 4) is 0 Å². The molecule has 4 rings (SSSR count). The van der Waals surface area contributed by atoms with Crippen LogP contribution in [-0.2, 0) is 11.3 Å². The standard InChI is InChI=1S/C22H19BrClN3OS/c1-3-27-21(28)20(25(2)22(27)29)10-15-13-26(12-14-6-4-5-7-18(14)24)19-9-8-16(23)11-17(15)19/h4-11,13H,3,12H2,1-2H3/b20-10-. The maximum Gasteiger partial charge on any atom is 0.276 e. The average Bonchev–Trinajstić information content (AvgIpc) is 3.13. The predicted molar refractivity (Wildman–Crippen MR) is 126 cm³/mol. The first-order chi connectivity index (χ1) is 13.9. The summed E-state index contributed by atoms with van der Waals surface area (Å²) in [4.78, 5) is 16.2. The lowest BCUT2D eigenvalue weighted by atomic mass is 10.1. The van der Waals surface area contributed by atoms with E-state index >= 15 is 0 Å². The summed E-state index contributed by atoms with van der Waals surface area (Å²) in [6, 6.07) is 14.0. The molecule has 0 atom stereocenters. The molecule has 0 unspecified atom stereocenters. The van der Waals surface area contributed by atoms with E-state index in [-0.39, 0.29) is 5.91 Å². The van der Waals surface area contributed by atoms with E-state index < -0.39 is 0 Å². The number of carbonyl (C=O) groups is 1. The zero-order valence-electron chi connectivity index (χ0n) is 16.0. The minimum atomic E-state index is -0.0676. The summed E-state index contributed by atoms with van der Waals surface area (Å²) in [5.41, 5.74) is 3.65. The van der Waals surface area contributed by atoms with Crippen LogP contribution in [0.2, 0.25) is 5.02 Å². The van der Waals surface area contributed by atoms with Crippen LogP contribution in [0, 0.1) is 0 Å². The Balaban J connectivity index is 1.83. The van der Waals surface area contributed by atoms with Crippen LogP contribution in [0.5, 0.6) is 0 Å². The molecular formula is C22H19BrClN3OS. The number of thiocarbonyl (C=S) groups is 1. The maximum absolute atomic E-state index is 12.8. The number of likely N-dealkylation sites (N-methyl/N-ethyl adjacent to an activating group) is 2. The fourth-order valence-corrected chi connectivity index (χ4v) is 4.46. The highest BCUT2D eigenvalue weighted by Gasteiger charge is 2.34. The van der Waals surface area contributed by atoms with Crippen molar-refractivity contribution in [2.75, 3.05) is 13.6 Å². The van der Waals surface area contributed by atoms with Gasteiger partial charge in [-0.25, -0.2) is 0 Å². The number of carbonyl (C=O) groups excluding carboxylic acids is 1. The Labute approximate surface area is 188 Å². The number of hydrogen-bond donors (Lipinski definition) is 0. The lowest BCUT2D eigenvalue weighted by Crippen LogP contribution is -2.30. The van der Waals surface area contributed by atoms with Crippen molar-refractivity contribution in [1.29, 1.82) is 0 Å². The number of halogens is 2. The fourth-order valence-electron chi connectivity index (χ4n) is 3.59. The molecular weight excluding hydrogens is 470 g/mol. The summed E-state index contributed by atoms with van der Waals surface area (Å²) in [6.07, 6.45) is 3.98. The first-order valence-electron chi connectivity index (χ1n) is 9.23. The molecule has 1 fully saturated rings. The molecule has 1 saturated heterocycles. The lowest BCUT2D eigenvalue weighted by Gasteiger charge is -2.13. The second kappa shape index (κ2) is 7.94. The highest BCUT2D eigenvalue weighted by atomic mass is 79.9. The molecule has 0 spiro atoms. The van der Waals surface area contributed by atoms with Crippen LogP contribution < -0.4 is 0 Å². The number of nitrogens with zero attached hydrogens (tertiary/aromatic N) is 3. The summed E-state index contributed by atoms with van der Waals surface area (Å²) < 4.78 is 3.14. The summed E-state index contributed by atoms with van der Waals surface area (Å²) >= 11 is 15.4. The first-order valence-corrected chi connectivity index (χ1v) is 10.8. The Kier molecular flexibility index (Phi) is 5.51. The van der Waals surface area contributed by atoms with Gasteiger partial charge in [0.15, 0.2) is 5.11 Å². The number of hydrogen-bond acceptors (Lipinski definition) is 2. The van der Waals surface area contributed by atoms with E-state index in [2.05, 4.69) is 38.8 Å². The Morgan fingerprint density at radius 1 is 1.21 bits per heavy atom. The third-order valence-electron chi connectivity index (χ3n) is 5.12. The molecule has 1 aliphatic rings. The molecule has 1 aliphatic heterocycles. The minimum Gasteiger partial charge on any atom is -0.342 e. The Morgan fingerprint density at radius 2 is 1.97 bits per heavy atom. The smallest absolute Gasteiger partial charge is 0.276 e. The molecule has 0 radical (unpaired) electrons. The fraction of sp³-hybridized carbons (Fsp3) is 0.182. The number of fused-ring (bicyclic) bond motifs is 1. The van der Waals surface area contributed by atoms with Crippen molar-refractivity contribution in [3.63, 3.8) is 0 Å². The van der Waals surface area contributed by atoms with E-state index in [1.165, 1.54) is 0 Å². The van der Waals surface area contributed by atoms with E-state index in [9.17, 15) is 4.79 Å². The zero-order valence-corrected chi connectivity index (χ0v) is 19.2. The number of benzene rings is 2.